The molecule has 0 saturated heterocycles. The number of aromatic nitrogens is 2. The lowest BCUT2D eigenvalue weighted by Crippen LogP contribution is -2.03. The Labute approximate surface area is 318 Å². The van der Waals surface area contributed by atoms with Crippen molar-refractivity contribution in [2.24, 2.45) is 0 Å². The molecule has 6 heteroatoms. The SMILES string of the molecule is [C-]#[N+]c1cccc(-c2cccc(C#N)c2-n2c3ccccc3c3c4c(ccc32)oc2ccccc24)c1-n1c2ccccc2c2c3c(ccc21)oc1ccccc13. The van der Waals surface area contributed by atoms with Gasteiger partial charge in [0.2, 0.25) is 5.69 Å². The zero-order chi connectivity index (χ0) is 37.1. The minimum Gasteiger partial charge on any atom is -0.456 e. The van der Waals surface area contributed by atoms with Gasteiger partial charge in [-0.3, -0.25) is 0 Å². The van der Waals surface area contributed by atoms with Crippen LogP contribution in [0.5, 0.6) is 0 Å². The van der Waals surface area contributed by atoms with Gasteiger partial charge < -0.3 is 18.0 Å². The Morgan fingerprint density at radius 2 is 0.911 bits per heavy atom. The fraction of sp³-hybridized carbons (Fsp3) is 0. The first-order valence-corrected chi connectivity index (χ1v) is 18.4. The van der Waals surface area contributed by atoms with Gasteiger partial charge in [-0.1, -0.05) is 103 Å². The Kier molecular flexibility index (Phi) is 6.10. The molecular formula is C50H26N4O2. The van der Waals surface area contributed by atoms with Crippen LogP contribution in [0.3, 0.4) is 0 Å². The van der Waals surface area contributed by atoms with E-state index < -0.39 is 0 Å². The fourth-order valence-corrected chi connectivity index (χ4v) is 9.20. The van der Waals surface area contributed by atoms with Crippen LogP contribution in [-0.4, -0.2) is 9.13 Å². The minimum absolute atomic E-state index is 0.504. The van der Waals surface area contributed by atoms with E-state index in [1.165, 1.54) is 0 Å². The molecule has 8 aromatic carbocycles. The van der Waals surface area contributed by atoms with Crippen molar-refractivity contribution in [1.29, 1.82) is 5.26 Å². The van der Waals surface area contributed by atoms with Gasteiger partial charge in [0.05, 0.1) is 45.6 Å². The normalized spacial score (nSPS) is 11.9. The molecule has 258 valence electrons. The van der Waals surface area contributed by atoms with E-state index in [0.29, 0.717) is 11.3 Å². The first-order chi connectivity index (χ1) is 27.7. The van der Waals surface area contributed by atoms with E-state index in [-0.39, 0.29) is 0 Å². The fourth-order valence-electron chi connectivity index (χ4n) is 9.20. The second-order valence-corrected chi connectivity index (χ2v) is 14.2. The lowest BCUT2D eigenvalue weighted by Gasteiger charge is -2.20. The molecule has 56 heavy (non-hydrogen) atoms. The van der Waals surface area contributed by atoms with Gasteiger partial charge in [-0.2, -0.15) is 5.26 Å². The number of rotatable bonds is 3. The summed E-state index contributed by atoms with van der Waals surface area (Å²) in [6.45, 7) is 8.52. The summed E-state index contributed by atoms with van der Waals surface area (Å²) < 4.78 is 17.2. The van der Waals surface area contributed by atoms with Crippen LogP contribution in [0.25, 0.3) is 115 Å². The van der Waals surface area contributed by atoms with Crippen LogP contribution in [0.15, 0.2) is 167 Å². The van der Waals surface area contributed by atoms with E-state index >= 15 is 0 Å². The van der Waals surface area contributed by atoms with Crippen molar-refractivity contribution in [3.8, 4) is 28.6 Å². The number of hydrogen-bond acceptors (Lipinski definition) is 3. The predicted molar refractivity (Wildman–Crippen MR) is 226 cm³/mol. The maximum Gasteiger partial charge on any atom is 0.211 e. The summed E-state index contributed by atoms with van der Waals surface area (Å²) >= 11 is 0. The summed E-state index contributed by atoms with van der Waals surface area (Å²) in [4.78, 5) is 4.15. The number of furan rings is 2. The van der Waals surface area contributed by atoms with Crippen LogP contribution in [-0.2, 0) is 0 Å². The molecule has 0 saturated carbocycles. The second-order valence-electron chi connectivity index (χ2n) is 14.2. The monoisotopic (exact) mass is 714 g/mol. The van der Waals surface area contributed by atoms with E-state index in [2.05, 4.69) is 92.8 Å². The molecule has 12 aromatic rings. The predicted octanol–water partition coefficient (Wildman–Crippen LogP) is 13.8. The van der Waals surface area contributed by atoms with Gasteiger partial charge in [-0.05, 0) is 60.2 Å². The zero-order valence-electron chi connectivity index (χ0n) is 29.6. The highest BCUT2D eigenvalue weighted by Gasteiger charge is 2.26. The molecule has 0 atom stereocenters. The molecule has 0 bridgehead atoms. The average Bonchev–Trinajstić information content (AvgIpc) is 4.00. The Morgan fingerprint density at radius 3 is 1.46 bits per heavy atom. The molecule has 0 N–H and O–H groups in total. The quantitative estimate of drug-likeness (QED) is 0.171. The largest absolute Gasteiger partial charge is 0.456 e. The summed E-state index contributed by atoms with van der Waals surface area (Å²) in [5, 5.41) is 19.3. The van der Waals surface area contributed by atoms with Crippen LogP contribution in [0.2, 0.25) is 0 Å². The molecule has 0 unspecified atom stereocenters. The van der Waals surface area contributed by atoms with Gasteiger partial charge in [0, 0.05) is 48.7 Å². The molecule has 0 aliphatic heterocycles. The standard InChI is InChI=1S/C50H26N4O2/c1-52-36-19-11-18-31(50(36)54-38-21-7-3-14-33(38)46-40(54)25-27-44-48(46)35-16-5-9-23-42(35)56-44)30-17-10-12-29(28-51)49(30)53-37-20-6-2-13-32(37)45-39(53)24-26-43-47(45)34-15-4-8-22-41(34)55-43/h2-27H. The van der Waals surface area contributed by atoms with Crippen molar-refractivity contribution in [3.05, 3.63) is 175 Å². The van der Waals surface area contributed by atoms with Crippen LogP contribution in [0, 0.1) is 17.9 Å². The molecule has 4 aromatic heterocycles. The highest BCUT2D eigenvalue weighted by Crippen LogP contribution is 2.48. The number of hydrogen-bond donors (Lipinski definition) is 0. The number of fused-ring (bicyclic) bond motifs is 14. The first kappa shape index (κ1) is 30.4. The van der Waals surface area contributed by atoms with Gasteiger partial charge in [0.25, 0.3) is 0 Å². The van der Waals surface area contributed by atoms with Crippen LogP contribution < -0.4 is 0 Å². The molecule has 4 heterocycles. The Bertz CT molecular complexity index is 3500. The Morgan fingerprint density at radius 1 is 0.429 bits per heavy atom. The van der Waals surface area contributed by atoms with Gasteiger partial charge in [-0.15, -0.1) is 0 Å². The Balaban J connectivity index is 1.23. The average molecular weight is 715 g/mol. The molecule has 0 radical (unpaired) electrons. The highest BCUT2D eigenvalue weighted by atomic mass is 16.3. The zero-order valence-corrected chi connectivity index (χ0v) is 29.6. The summed E-state index contributed by atoms with van der Waals surface area (Å²) in [5.74, 6) is 0. The summed E-state index contributed by atoms with van der Waals surface area (Å²) in [6, 6.07) is 55.6. The first-order valence-electron chi connectivity index (χ1n) is 18.4. The molecule has 0 spiro atoms. The highest BCUT2D eigenvalue weighted by molar-refractivity contribution is 6.29. The van der Waals surface area contributed by atoms with Gasteiger partial charge in [-0.25, -0.2) is 4.85 Å². The van der Waals surface area contributed by atoms with Crippen molar-refractivity contribution in [1.82, 2.24) is 9.13 Å². The van der Waals surface area contributed by atoms with Crippen molar-refractivity contribution in [2.75, 3.05) is 0 Å². The lowest BCUT2D eigenvalue weighted by molar-refractivity contribution is 0.669. The summed E-state index contributed by atoms with van der Waals surface area (Å²) in [6.07, 6.45) is 0. The number of nitriles is 1. The molecule has 0 fully saturated rings. The molecule has 6 nitrogen and oxygen atoms in total. The third-order valence-electron chi connectivity index (χ3n) is 11.4. The number of nitrogens with zero attached hydrogens (tertiary/aromatic N) is 4. The third kappa shape index (κ3) is 3.92. The summed E-state index contributed by atoms with van der Waals surface area (Å²) in [5.41, 5.74) is 11.4. The Hall–Kier alpha value is -8.06. The topological polar surface area (TPSA) is 64.3 Å². The molecule has 0 amide bonds. The van der Waals surface area contributed by atoms with Gasteiger partial charge >= 0.3 is 0 Å². The maximum atomic E-state index is 10.9. The van der Waals surface area contributed by atoms with E-state index in [1.807, 2.05) is 84.9 Å². The minimum atomic E-state index is 0.504. The molecular weight excluding hydrogens is 689 g/mol. The van der Waals surface area contributed by atoms with Gasteiger partial charge in [0.1, 0.15) is 28.4 Å². The van der Waals surface area contributed by atoms with Crippen molar-refractivity contribution < 1.29 is 8.83 Å². The van der Waals surface area contributed by atoms with Crippen LogP contribution in [0.1, 0.15) is 5.56 Å². The smallest absolute Gasteiger partial charge is 0.211 e. The van der Waals surface area contributed by atoms with E-state index in [4.69, 9.17) is 15.4 Å². The van der Waals surface area contributed by atoms with E-state index in [9.17, 15) is 5.26 Å². The lowest BCUT2D eigenvalue weighted by atomic mass is 9.97. The summed E-state index contributed by atoms with van der Waals surface area (Å²) in [7, 11) is 0. The molecule has 12 rings (SSSR count). The number of para-hydroxylation sites is 6. The number of benzene rings is 8. The third-order valence-corrected chi connectivity index (χ3v) is 11.4. The van der Waals surface area contributed by atoms with E-state index in [0.717, 1.165) is 110 Å². The second kappa shape index (κ2) is 11.2. The van der Waals surface area contributed by atoms with Crippen molar-refractivity contribution in [3.63, 3.8) is 0 Å². The van der Waals surface area contributed by atoms with Gasteiger partial charge in [0.15, 0.2) is 0 Å². The van der Waals surface area contributed by atoms with Crippen molar-refractivity contribution >= 4 is 93.2 Å². The van der Waals surface area contributed by atoms with Crippen LogP contribution >= 0.6 is 0 Å². The van der Waals surface area contributed by atoms with Crippen molar-refractivity contribution in [2.45, 2.75) is 0 Å². The molecule has 0 aliphatic carbocycles. The van der Waals surface area contributed by atoms with E-state index in [1.54, 1.807) is 0 Å². The van der Waals surface area contributed by atoms with Crippen LogP contribution in [0.4, 0.5) is 5.69 Å². The molecule has 0 aliphatic rings. The maximum absolute atomic E-state index is 10.9.